The Balaban J connectivity index is 1.21. The average Bonchev–Trinajstić information content (AvgIpc) is 3.51. The van der Waals surface area contributed by atoms with E-state index in [4.69, 9.17) is 21.1 Å². The molecule has 4 N–H and O–H groups in total. The standard InChI is InChI=1S/C27H32ClN3O5/c28-17-7-5-16(6-8-17)14-29-25(33)13-20-12-22-21-11-19(31-27(34)30-18-3-1-2-4-18)9-10-23(21)36-26(22)24(15-32)35-20/h5-11,18,20,22,24,26,32H,1-4,12-15H2,(H,29,33)(H2,30,31,34)/t20-,22-,24+,26+/m0/s1. The Morgan fingerprint density at radius 3 is 2.61 bits per heavy atom. The normalized spacial score (nSPS) is 24.9. The molecular weight excluding hydrogens is 482 g/mol. The number of hydrogen-bond donors (Lipinski definition) is 4. The minimum absolute atomic E-state index is 0.0420. The van der Waals surface area contributed by atoms with Crippen molar-refractivity contribution in [3.63, 3.8) is 0 Å². The lowest BCUT2D eigenvalue weighted by atomic mass is 9.84. The maximum atomic E-state index is 12.6. The second-order valence-corrected chi connectivity index (χ2v) is 10.3. The molecule has 1 saturated carbocycles. The maximum absolute atomic E-state index is 12.6. The number of halogens is 1. The van der Waals surface area contributed by atoms with E-state index in [-0.39, 0.29) is 49.1 Å². The third-order valence-corrected chi connectivity index (χ3v) is 7.52. The van der Waals surface area contributed by atoms with Crippen molar-refractivity contribution in [2.45, 2.75) is 75.3 Å². The van der Waals surface area contributed by atoms with Gasteiger partial charge in [0.25, 0.3) is 0 Å². The molecule has 0 unspecified atom stereocenters. The Morgan fingerprint density at radius 1 is 1.08 bits per heavy atom. The van der Waals surface area contributed by atoms with Crippen LogP contribution in [0.15, 0.2) is 42.5 Å². The van der Waals surface area contributed by atoms with Crippen LogP contribution < -0.4 is 20.7 Å². The zero-order valence-corrected chi connectivity index (χ0v) is 20.8. The lowest BCUT2D eigenvalue weighted by molar-refractivity contribution is -0.142. The van der Waals surface area contributed by atoms with Crippen LogP contribution in [0, 0.1) is 0 Å². The van der Waals surface area contributed by atoms with Crippen molar-refractivity contribution in [3.8, 4) is 5.75 Å². The summed E-state index contributed by atoms with van der Waals surface area (Å²) in [6.45, 7) is 0.203. The van der Waals surface area contributed by atoms with Crippen molar-refractivity contribution >= 4 is 29.2 Å². The number of carbonyl (C=O) groups excluding carboxylic acids is 2. The Morgan fingerprint density at radius 2 is 1.86 bits per heavy atom. The number of rotatable bonds is 7. The van der Waals surface area contributed by atoms with Gasteiger partial charge >= 0.3 is 6.03 Å². The molecule has 192 valence electrons. The smallest absolute Gasteiger partial charge is 0.319 e. The molecule has 1 aliphatic carbocycles. The summed E-state index contributed by atoms with van der Waals surface area (Å²) in [5.74, 6) is 0.560. The van der Waals surface area contributed by atoms with Crippen LogP contribution in [-0.2, 0) is 16.1 Å². The summed E-state index contributed by atoms with van der Waals surface area (Å²) in [6.07, 6.45) is 3.89. The van der Waals surface area contributed by atoms with Crippen LogP contribution in [0.4, 0.5) is 10.5 Å². The molecule has 0 radical (unpaired) electrons. The summed E-state index contributed by atoms with van der Waals surface area (Å²) >= 11 is 5.92. The fraction of sp³-hybridized carbons (Fsp3) is 0.481. The van der Waals surface area contributed by atoms with Gasteiger partial charge in [-0.3, -0.25) is 4.79 Å². The summed E-state index contributed by atoms with van der Waals surface area (Å²) in [5, 5.41) is 19.5. The predicted octanol–water partition coefficient (Wildman–Crippen LogP) is 4.11. The molecule has 2 fully saturated rings. The molecule has 2 aliphatic heterocycles. The quantitative estimate of drug-likeness (QED) is 0.445. The van der Waals surface area contributed by atoms with E-state index in [1.807, 2.05) is 30.3 Å². The average molecular weight is 514 g/mol. The highest BCUT2D eigenvalue weighted by Gasteiger charge is 2.46. The van der Waals surface area contributed by atoms with Crippen molar-refractivity contribution in [1.82, 2.24) is 10.6 Å². The van der Waals surface area contributed by atoms with E-state index in [1.165, 1.54) is 0 Å². The van der Waals surface area contributed by atoms with Gasteiger partial charge in [-0.1, -0.05) is 36.6 Å². The number of carbonyl (C=O) groups is 2. The summed E-state index contributed by atoms with van der Waals surface area (Å²) in [6, 6.07) is 13.0. The van der Waals surface area contributed by atoms with Crippen molar-refractivity contribution in [2.75, 3.05) is 11.9 Å². The summed E-state index contributed by atoms with van der Waals surface area (Å²) in [7, 11) is 0. The van der Waals surface area contributed by atoms with Gasteiger partial charge in [0, 0.05) is 34.8 Å². The zero-order chi connectivity index (χ0) is 25.1. The number of amides is 3. The fourth-order valence-corrected chi connectivity index (χ4v) is 5.60. The van der Waals surface area contributed by atoms with E-state index < -0.39 is 6.10 Å². The molecule has 3 amide bonds. The third-order valence-electron chi connectivity index (χ3n) is 7.26. The van der Waals surface area contributed by atoms with E-state index in [1.54, 1.807) is 12.1 Å². The fourth-order valence-electron chi connectivity index (χ4n) is 5.47. The van der Waals surface area contributed by atoms with Crippen LogP contribution in [0.2, 0.25) is 5.02 Å². The molecule has 0 bridgehead atoms. The number of benzene rings is 2. The number of nitrogens with one attached hydrogen (secondary N) is 3. The zero-order valence-electron chi connectivity index (χ0n) is 20.0. The second kappa shape index (κ2) is 11.1. The number of hydrogen-bond acceptors (Lipinski definition) is 5. The summed E-state index contributed by atoms with van der Waals surface area (Å²) in [4.78, 5) is 25.1. The van der Waals surface area contributed by atoms with Gasteiger partial charge in [-0.05, 0) is 55.2 Å². The van der Waals surface area contributed by atoms with Gasteiger partial charge in [0.05, 0.1) is 19.1 Å². The van der Waals surface area contributed by atoms with Crippen molar-refractivity contribution in [3.05, 3.63) is 58.6 Å². The Kier molecular flexibility index (Phi) is 7.65. The predicted molar refractivity (Wildman–Crippen MR) is 136 cm³/mol. The molecule has 5 rings (SSSR count). The van der Waals surface area contributed by atoms with Crippen molar-refractivity contribution in [1.29, 1.82) is 0 Å². The Labute approximate surface area is 215 Å². The largest absolute Gasteiger partial charge is 0.487 e. The number of ether oxygens (including phenoxy) is 2. The van der Waals surface area contributed by atoms with E-state index in [0.29, 0.717) is 23.7 Å². The van der Waals surface area contributed by atoms with Gasteiger partial charge in [-0.25, -0.2) is 4.79 Å². The van der Waals surface area contributed by atoms with Gasteiger partial charge in [0.15, 0.2) is 0 Å². The molecular formula is C27H32ClN3O5. The third kappa shape index (κ3) is 5.77. The SMILES string of the molecule is O=C(C[C@@H]1C[C@H]2c3cc(NC(=O)NC4CCCC4)ccc3O[C@H]2[C@@H](CO)O1)NCc1ccc(Cl)cc1. The van der Waals surface area contributed by atoms with Crippen molar-refractivity contribution < 1.29 is 24.2 Å². The number of urea groups is 1. The molecule has 4 atom stereocenters. The molecule has 0 aromatic heterocycles. The van der Waals surface area contributed by atoms with E-state index in [0.717, 1.165) is 42.6 Å². The minimum atomic E-state index is -0.535. The Hall–Kier alpha value is -2.81. The van der Waals surface area contributed by atoms with Gasteiger partial charge in [0.1, 0.15) is 18.0 Å². The second-order valence-electron chi connectivity index (χ2n) is 9.84. The molecule has 0 spiro atoms. The van der Waals surface area contributed by atoms with Crippen LogP contribution in [0.3, 0.4) is 0 Å². The highest BCUT2D eigenvalue weighted by molar-refractivity contribution is 6.30. The molecule has 2 heterocycles. The van der Waals surface area contributed by atoms with Crippen LogP contribution in [0.25, 0.3) is 0 Å². The highest BCUT2D eigenvalue weighted by Crippen LogP contribution is 2.47. The van der Waals surface area contributed by atoms with E-state index >= 15 is 0 Å². The van der Waals surface area contributed by atoms with Gasteiger partial charge in [-0.15, -0.1) is 0 Å². The monoisotopic (exact) mass is 513 g/mol. The lowest BCUT2D eigenvalue weighted by Gasteiger charge is -2.37. The van der Waals surface area contributed by atoms with E-state index in [9.17, 15) is 14.7 Å². The van der Waals surface area contributed by atoms with Crippen LogP contribution in [0.5, 0.6) is 5.75 Å². The van der Waals surface area contributed by atoms with Crippen LogP contribution in [0.1, 0.15) is 55.6 Å². The lowest BCUT2D eigenvalue weighted by Crippen LogP contribution is -2.47. The topological polar surface area (TPSA) is 109 Å². The minimum Gasteiger partial charge on any atom is -0.487 e. The van der Waals surface area contributed by atoms with Gasteiger partial charge < -0.3 is 30.5 Å². The molecule has 1 saturated heterocycles. The summed E-state index contributed by atoms with van der Waals surface area (Å²) < 4.78 is 12.2. The molecule has 36 heavy (non-hydrogen) atoms. The summed E-state index contributed by atoms with van der Waals surface area (Å²) in [5.41, 5.74) is 2.62. The molecule has 3 aliphatic rings. The highest BCUT2D eigenvalue weighted by atomic mass is 35.5. The first kappa shape index (κ1) is 24.9. The van der Waals surface area contributed by atoms with E-state index in [2.05, 4.69) is 16.0 Å². The molecule has 8 nitrogen and oxygen atoms in total. The first-order valence-electron chi connectivity index (χ1n) is 12.6. The molecule has 9 heteroatoms. The maximum Gasteiger partial charge on any atom is 0.319 e. The molecule has 2 aromatic carbocycles. The number of aliphatic hydroxyl groups excluding tert-OH is 1. The van der Waals surface area contributed by atoms with Crippen molar-refractivity contribution in [2.24, 2.45) is 0 Å². The van der Waals surface area contributed by atoms with Crippen LogP contribution in [-0.4, -0.2) is 48.0 Å². The number of fused-ring (bicyclic) bond motifs is 3. The first-order valence-corrected chi connectivity index (χ1v) is 13.0. The van der Waals surface area contributed by atoms with Gasteiger partial charge in [0.2, 0.25) is 5.91 Å². The van der Waals surface area contributed by atoms with Crippen LogP contribution >= 0.6 is 11.6 Å². The molecule has 2 aromatic rings. The number of anilines is 1. The van der Waals surface area contributed by atoms with Gasteiger partial charge in [-0.2, -0.15) is 0 Å². The Bertz CT molecular complexity index is 1090. The first-order chi connectivity index (χ1) is 17.5. The number of aliphatic hydroxyl groups is 1.